The molecule has 0 aliphatic carbocycles. The highest BCUT2D eigenvalue weighted by Crippen LogP contribution is 2.35. The Labute approximate surface area is 155 Å². The van der Waals surface area contributed by atoms with Gasteiger partial charge in [-0.25, -0.2) is 4.98 Å². The molecule has 3 rings (SSSR count). The van der Waals surface area contributed by atoms with Gasteiger partial charge in [0.25, 0.3) is 0 Å². The molecule has 0 saturated carbocycles. The quantitative estimate of drug-likeness (QED) is 0.589. The second kappa shape index (κ2) is 7.65. The van der Waals surface area contributed by atoms with Crippen LogP contribution in [0.3, 0.4) is 0 Å². The lowest BCUT2D eigenvalue weighted by molar-refractivity contribution is -0.137. The van der Waals surface area contributed by atoms with Crippen LogP contribution in [0.1, 0.15) is 23.6 Å². The molecule has 0 amide bonds. The molecule has 0 fully saturated rings. The number of anilines is 4. The summed E-state index contributed by atoms with van der Waals surface area (Å²) in [6, 6.07) is 14.6. The summed E-state index contributed by atoms with van der Waals surface area (Å²) in [5.41, 5.74) is 2.37. The van der Waals surface area contributed by atoms with E-state index in [0.717, 1.165) is 29.4 Å². The van der Waals surface area contributed by atoms with Crippen molar-refractivity contribution in [1.29, 1.82) is 0 Å². The lowest BCUT2D eigenvalue weighted by Crippen LogP contribution is -2.12. The van der Waals surface area contributed by atoms with Crippen molar-refractivity contribution >= 4 is 23.1 Å². The Balaban J connectivity index is 1.94. The van der Waals surface area contributed by atoms with Crippen LogP contribution in [0.4, 0.5) is 36.3 Å². The van der Waals surface area contributed by atoms with Gasteiger partial charge in [-0.1, -0.05) is 37.3 Å². The zero-order chi connectivity index (χ0) is 19.4. The van der Waals surface area contributed by atoms with Crippen molar-refractivity contribution in [2.75, 3.05) is 10.6 Å². The lowest BCUT2D eigenvalue weighted by atomic mass is 10.1. The van der Waals surface area contributed by atoms with Gasteiger partial charge >= 0.3 is 6.18 Å². The minimum Gasteiger partial charge on any atom is -0.340 e. The molecule has 3 aromatic rings. The number of rotatable bonds is 5. The van der Waals surface area contributed by atoms with Crippen molar-refractivity contribution in [2.45, 2.75) is 26.4 Å². The Morgan fingerprint density at radius 3 is 2.30 bits per heavy atom. The highest BCUT2D eigenvalue weighted by atomic mass is 19.4. The maximum absolute atomic E-state index is 13.4. The summed E-state index contributed by atoms with van der Waals surface area (Å²) in [5, 5.41) is 5.73. The van der Waals surface area contributed by atoms with Crippen molar-refractivity contribution in [1.82, 2.24) is 9.97 Å². The number of nitrogens with zero attached hydrogens (tertiary/aromatic N) is 2. The van der Waals surface area contributed by atoms with Crippen LogP contribution in [0.2, 0.25) is 0 Å². The Hall–Kier alpha value is -3.09. The highest BCUT2D eigenvalue weighted by Gasteiger charge is 2.35. The summed E-state index contributed by atoms with van der Waals surface area (Å²) in [6.07, 6.45) is -2.92. The average molecular weight is 372 g/mol. The first-order chi connectivity index (χ1) is 12.9. The third kappa shape index (κ3) is 4.55. The average Bonchev–Trinajstić information content (AvgIpc) is 2.63. The number of halogens is 3. The lowest BCUT2D eigenvalue weighted by Gasteiger charge is -2.15. The minimum atomic E-state index is -4.56. The van der Waals surface area contributed by atoms with Gasteiger partial charge in [-0.3, -0.25) is 0 Å². The van der Waals surface area contributed by atoms with Crippen LogP contribution in [0, 0.1) is 6.92 Å². The van der Waals surface area contributed by atoms with Gasteiger partial charge in [0.05, 0.1) is 0 Å². The molecule has 0 spiro atoms. The summed E-state index contributed by atoms with van der Waals surface area (Å²) in [7, 11) is 0. The van der Waals surface area contributed by atoms with E-state index in [1.165, 1.54) is 0 Å². The molecule has 0 saturated heterocycles. The van der Waals surface area contributed by atoms with E-state index in [1.807, 2.05) is 50.2 Å². The summed E-state index contributed by atoms with van der Waals surface area (Å²) in [5.74, 6) is -0.206. The molecule has 0 bridgehead atoms. The molecule has 0 aliphatic heterocycles. The summed E-state index contributed by atoms with van der Waals surface area (Å²) < 4.78 is 40.1. The Morgan fingerprint density at radius 1 is 0.963 bits per heavy atom. The largest absolute Gasteiger partial charge is 0.421 e. The summed E-state index contributed by atoms with van der Waals surface area (Å²) in [4.78, 5) is 7.89. The normalized spacial score (nSPS) is 11.3. The van der Waals surface area contributed by atoms with Crippen molar-refractivity contribution < 1.29 is 13.2 Å². The van der Waals surface area contributed by atoms with Gasteiger partial charge in [0.1, 0.15) is 11.4 Å². The van der Waals surface area contributed by atoms with Crippen molar-refractivity contribution in [3.63, 3.8) is 0 Å². The number of nitrogens with one attached hydrogen (secondary N) is 2. The van der Waals surface area contributed by atoms with Crippen LogP contribution in [-0.4, -0.2) is 9.97 Å². The smallest absolute Gasteiger partial charge is 0.340 e. The van der Waals surface area contributed by atoms with Gasteiger partial charge in [0, 0.05) is 17.6 Å². The van der Waals surface area contributed by atoms with Gasteiger partial charge in [0.15, 0.2) is 0 Å². The first-order valence-electron chi connectivity index (χ1n) is 8.49. The number of hydrogen-bond acceptors (Lipinski definition) is 4. The number of para-hydroxylation sites is 1. The second-order valence-corrected chi connectivity index (χ2v) is 6.07. The highest BCUT2D eigenvalue weighted by molar-refractivity contribution is 5.64. The van der Waals surface area contributed by atoms with Gasteiger partial charge in [0.2, 0.25) is 5.95 Å². The van der Waals surface area contributed by atoms with Crippen LogP contribution in [0.5, 0.6) is 0 Å². The molecule has 0 aliphatic rings. The van der Waals surface area contributed by atoms with Crippen LogP contribution in [0.15, 0.2) is 54.7 Å². The molecular formula is C20H19F3N4. The molecule has 0 unspecified atom stereocenters. The summed E-state index contributed by atoms with van der Waals surface area (Å²) >= 11 is 0. The monoisotopic (exact) mass is 372 g/mol. The number of hydrogen-bond donors (Lipinski definition) is 2. The van der Waals surface area contributed by atoms with E-state index in [9.17, 15) is 13.2 Å². The van der Waals surface area contributed by atoms with E-state index in [0.29, 0.717) is 5.69 Å². The maximum atomic E-state index is 13.4. The third-order valence-corrected chi connectivity index (χ3v) is 4.11. The van der Waals surface area contributed by atoms with E-state index in [-0.39, 0.29) is 11.8 Å². The number of alkyl halides is 3. The first kappa shape index (κ1) is 18.7. The van der Waals surface area contributed by atoms with Crippen molar-refractivity contribution in [3.8, 4) is 0 Å². The van der Waals surface area contributed by atoms with E-state index in [1.54, 1.807) is 12.1 Å². The Bertz CT molecular complexity index is 921. The molecule has 27 heavy (non-hydrogen) atoms. The van der Waals surface area contributed by atoms with Gasteiger partial charge in [-0.15, -0.1) is 0 Å². The maximum Gasteiger partial charge on any atom is 0.421 e. The zero-order valence-corrected chi connectivity index (χ0v) is 14.9. The van der Waals surface area contributed by atoms with E-state index in [2.05, 4.69) is 20.6 Å². The predicted molar refractivity (Wildman–Crippen MR) is 101 cm³/mol. The number of aromatic nitrogens is 2. The molecule has 2 N–H and O–H groups in total. The van der Waals surface area contributed by atoms with Gasteiger partial charge < -0.3 is 10.6 Å². The molecule has 0 atom stereocenters. The van der Waals surface area contributed by atoms with Gasteiger partial charge in [-0.2, -0.15) is 18.2 Å². The Morgan fingerprint density at radius 2 is 1.67 bits per heavy atom. The predicted octanol–water partition coefficient (Wildman–Crippen LogP) is 5.85. The fourth-order valence-electron chi connectivity index (χ4n) is 2.54. The topological polar surface area (TPSA) is 49.8 Å². The Kier molecular flexibility index (Phi) is 5.30. The van der Waals surface area contributed by atoms with Crippen LogP contribution in [-0.2, 0) is 12.6 Å². The molecule has 7 heteroatoms. The van der Waals surface area contributed by atoms with E-state index in [4.69, 9.17) is 0 Å². The molecule has 2 aromatic carbocycles. The first-order valence-corrected chi connectivity index (χ1v) is 8.49. The molecule has 0 radical (unpaired) electrons. The van der Waals surface area contributed by atoms with E-state index >= 15 is 0 Å². The second-order valence-electron chi connectivity index (χ2n) is 6.07. The van der Waals surface area contributed by atoms with Crippen LogP contribution in [0.25, 0.3) is 0 Å². The molecule has 140 valence electrons. The fourth-order valence-corrected chi connectivity index (χ4v) is 2.54. The van der Waals surface area contributed by atoms with Crippen molar-refractivity contribution in [3.05, 3.63) is 71.4 Å². The van der Waals surface area contributed by atoms with Gasteiger partial charge in [-0.05, 0) is 42.7 Å². The number of benzene rings is 2. The molecule has 1 aromatic heterocycles. The fraction of sp³-hybridized carbons (Fsp3) is 0.200. The standard InChI is InChI=1S/C20H19F3N4/c1-3-14-8-10-15(11-9-14)25-18-16(20(21,22)23)12-24-19(27-18)26-17-7-5-4-6-13(17)2/h4-12H,3H2,1-2H3,(H2,24,25,26,27). The number of aryl methyl sites for hydroxylation is 2. The van der Waals surface area contributed by atoms with Crippen LogP contribution < -0.4 is 10.6 Å². The molecule has 4 nitrogen and oxygen atoms in total. The molecule has 1 heterocycles. The van der Waals surface area contributed by atoms with Crippen LogP contribution >= 0.6 is 0 Å². The SMILES string of the molecule is CCc1ccc(Nc2nc(Nc3ccccc3C)ncc2C(F)(F)F)cc1. The van der Waals surface area contributed by atoms with Crippen molar-refractivity contribution in [2.24, 2.45) is 0 Å². The zero-order valence-electron chi connectivity index (χ0n) is 14.9. The molecular weight excluding hydrogens is 353 g/mol. The third-order valence-electron chi connectivity index (χ3n) is 4.11. The summed E-state index contributed by atoms with van der Waals surface area (Å²) in [6.45, 7) is 3.90. The minimum absolute atomic E-state index is 0.0879. The van der Waals surface area contributed by atoms with E-state index < -0.39 is 11.7 Å².